The van der Waals surface area contributed by atoms with E-state index in [2.05, 4.69) is 32.6 Å². The lowest BCUT2D eigenvalue weighted by Crippen LogP contribution is -2.37. The van der Waals surface area contributed by atoms with Crippen LogP contribution in [0.4, 0.5) is 5.69 Å². The summed E-state index contributed by atoms with van der Waals surface area (Å²) in [4.78, 5) is 23.8. The first kappa shape index (κ1) is 15.8. The summed E-state index contributed by atoms with van der Waals surface area (Å²) in [6, 6.07) is 5.64. The molecule has 0 unspecified atom stereocenters. The molecule has 0 saturated heterocycles. The van der Waals surface area contributed by atoms with Crippen molar-refractivity contribution in [1.29, 1.82) is 0 Å². The first-order valence-corrected chi connectivity index (χ1v) is 7.84. The quantitative estimate of drug-likeness (QED) is 0.819. The molecule has 2 N–H and O–H groups in total. The summed E-state index contributed by atoms with van der Waals surface area (Å²) in [5, 5.41) is 5.52. The van der Waals surface area contributed by atoms with E-state index in [0.717, 1.165) is 35.0 Å². The van der Waals surface area contributed by atoms with Gasteiger partial charge in [0.2, 0.25) is 11.8 Å². The molecule has 1 aromatic carbocycles. The van der Waals surface area contributed by atoms with Gasteiger partial charge in [0.15, 0.2) is 0 Å². The normalized spacial score (nSPS) is 17.3. The van der Waals surface area contributed by atoms with Crippen LogP contribution in [0.15, 0.2) is 34.8 Å². The number of halogens is 1. The molecule has 0 spiro atoms. The number of hydrogen-bond donors (Lipinski definition) is 2. The van der Waals surface area contributed by atoms with Gasteiger partial charge in [-0.3, -0.25) is 9.59 Å². The highest BCUT2D eigenvalue weighted by Gasteiger charge is 2.19. The minimum atomic E-state index is -0.208. The fraction of sp³-hybridized carbons (Fsp3) is 0.375. The molecule has 1 aliphatic rings. The van der Waals surface area contributed by atoms with Gasteiger partial charge in [-0.2, -0.15) is 0 Å². The van der Waals surface area contributed by atoms with E-state index in [1.807, 2.05) is 31.2 Å². The van der Waals surface area contributed by atoms with Gasteiger partial charge in [0.05, 0.1) is 6.54 Å². The number of benzene rings is 1. The van der Waals surface area contributed by atoms with Gasteiger partial charge in [0.25, 0.3) is 0 Å². The number of carbonyl (C=O) groups excluding carboxylic acids is 2. The summed E-state index contributed by atoms with van der Waals surface area (Å²) < 4.78 is 0.969. The van der Waals surface area contributed by atoms with Crippen molar-refractivity contribution in [2.75, 3.05) is 11.9 Å². The van der Waals surface area contributed by atoms with Gasteiger partial charge in [-0.15, -0.1) is 0 Å². The summed E-state index contributed by atoms with van der Waals surface area (Å²) in [6.07, 6.45) is 6.67. The molecule has 0 saturated carbocycles. The Morgan fingerprint density at radius 3 is 2.81 bits per heavy atom. The predicted octanol–water partition coefficient (Wildman–Crippen LogP) is 3.17. The highest BCUT2D eigenvalue weighted by atomic mass is 79.9. The Balaban J connectivity index is 1.81. The largest absolute Gasteiger partial charge is 0.347 e. The molecule has 0 aromatic heterocycles. The average molecular weight is 351 g/mol. The fourth-order valence-corrected chi connectivity index (χ4v) is 2.78. The topological polar surface area (TPSA) is 58.2 Å². The second-order valence-corrected chi connectivity index (χ2v) is 6.12. The minimum absolute atomic E-state index is 0.00258. The van der Waals surface area contributed by atoms with Crippen molar-refractivity contribution in [3.8, 4) is 0 Å². The molecule has 21 heavy (non-hydrogen) atoms. The zero-order valence-electron chi connectivity index (χ0n) is 12.0. The van der Waals surface area contributed by atoms with Crippen molar-refractivity contribution in [1.82, 2.24) is 5.32 Å². The van der Waals surface area contributed by atoms with Crippen LogP contribution in [0.3, 0.4) is 0 Å². The van der Waals surface area contributed by atoms with Crippen molar-refractivity contribution in [3.63, 3.8) is 0 Å². The van der Waals surface area contributed by atoms with Crippen molar-refractivity contribution in [2.45, 2.75) is 26.2 Å². The smallest absolute Gasteiger partial charge is 0.243 e. The van der Waals surface area contributed by atoms with Crippen molar-refractivity contribution < 1.29 is 9.59 Å². The Hall–Kier alpha value is -1.62. The maximum Gasteiger partial charge on any atom is 0.243 e. The van der Waals surface area contributed by atoms with Gasteiger partial charge in [-0.05, 0) is 49.9 Å². The predicted molar refractivity (Wildman–Crippen MR) is 87.0 cm³/mol. The number of amides is 2. The summed E-state index contributed by atoms with van der Waals surface area (Å²) in [7, 11) is 0. The molecule has 0 aliphatic heterocycles. The molecule has 0 bridgehead atoms. The Morgan fingerprint density at radius 1 is 1.33 bits per heavy atom. The Morgan fingerprint density at radius 2 is 2.14 bits per heavy atom. The van der Waals surface area contributed by atoms with Crippen molar-refractivity contribution in [2.24, 2.45) is 5.92 Å². The van der Waals surface area contributed by atoms with Gasteiger partial charge < -0.3 is 10.6 Å². The Kier molecular flexibility index (Phi) is 5.56. The van der Waals surface area contributed by atoms with Crippen LogP contribution in [0.2, 0.25) is 0 Å². The fourth-order valence-electron chi connectivity index (χ4n) is 2.31. The van der Waals surface area contributed by atoms with Gasteiger partial charge in [-0.1, -0.05) is 28.1 Å². The number of nitrogens with one attached hydrogen (secondary N) is 2. The summed E-state index contributed by atoms with van der Waals surface area (Å²) >= 11 is 3.38. The monoisotopic (exact) mass is 350 g/mol. The van der Waals surface area contributed by atoms with Crippen LogP contribution in [-0.2, 0) is 9.59 Å². The molecule has 1 aliphatic carbocycles. The highest BCUT2D eigenvalue weighted by molar-refractivity contribution is 9.10. The van der Waals surface area contributed by atoms with Crippen LogP contribution < -0.4 is 10.6 Å². The molecule has 0 fully saturated rings. The maximum absolute atomic E-state index is 11.9. The van der Waals surface area contributed by atoms with Gasteiger partial charge >= 0.3 is 0 Å². The van der Waals surface area contributed by atoms with Crippen molar-refractivity contribution >= 4 is 33.4 Å². The van der Waals surface area contributed by atoms with Crippen molar-refractivity contribution in [3.05, 3.63) is 40.4 Å². The lowest BCUT2D eigenvalue weighted by atomic mass is 9.94. The Bertz CT molecular complexity index is 569. The maximum atomic E-state index is 11.9. The number of aryl methyl sites for hydroxylation is 1. The third-order valence-electron chi connectivity index (χ3n) is 3.53. The third-order valence-corrected chi connectivity index (χ3v) is 4.02. The Labute approximate surface area is 133 Å². The van der Waals surface area contributed by atoms with Gasteiger partial charge in [0.1, 0.15) is 0 Å². The number of allylic oxidation sites excluding steroid dienone is 2. The molecule has 2 amide bonds. The second-order valence-electron chi connectivity index (χ2n) is 5.21. The van der Waals surface area contributed by atoms with E-state index in [9.17, 15) is 9.59 Å². The molecule has 2 rings (SSSR count). The molecule has 4 nitrogen and oxygen atoms in total. The molecule has 0 heterocycles. The van der Waals surface area contributed by atoms with Crippen LogP contribution in [0.1, 0.15) is 24.8 Å². The van der Waals surface area contributed by atoms with E-state index in [0.29, 0.717) is 0 Å². The van der Waals surface area contributed by atoms with E-state index < -0.39 is 0 Å². The standard InChI is InChI=1S/C16H19BrN2O2/c1-11-9-13(17)7-8-14(11)19-15(20)10-18-16(21)12-5-3-2-4-6-12/h2-3,7-9,12H,4-6,10H2,1H3,(H,18,21)(H,19,20)/t12-/m0/s1. The van der Waals surface area contributed by atoms with E-state index in [4.69, 9.17) is 0 Å². The van der Waals surface area contributed by atoms with Crippen LogP contribution in [-0.4, -0.2) is 18.4 Å². The molecule has 5 heteroatoms. The second kappa shape index (κ2) is 7.41. The van der Waals surface area contributed by atoms with Crippen LogP contribution in [0.25, 0.3) is 0 Å². The minimum Gasteiger partial charge on any atom is -0.347 e. The third kappa shape index (κ3) is 4.70. The molecule has 0 radical (unpaired) electrons. The lowest BCUT2D eigenvalue weighted by molar-refractivity contribution is -0.127. The molecular formula is C16H19BrN2O2. The van der Waals surface area contributed by atoms with E-state index in [-0.39, 0.29) is 24.3 Å². The summed E-state index contributed by atoms with van der Waals surface area (Å²) in [6.45, 7) is 1.93. The van der Waals surface area contributed by atoms with E-state index in [1.54, 1.807) is 0 Å². The zero-order valence-corrected chi connectivity index (χ0v) is 13.6. The van der Waals surface area contributed by atoms with Gasteiger partial charge in [0, 0.05) is 16.1 Å². The number of anilines is 1. The lowest BCUT2D eigenvalue weighted by Gasteiger charge is -2.17. The summed E-state index contributed by atoms with van der Waals surface area (Å²) in [5.41, 5.74) is 1.74. The van der Waals surface area contributed by atoms with E-state index in [1.165, 1.54) is 0 Å². The van der Waals surface area contributed by atoms with E-state index >= 15 is 0 Å². The molecule has 1 aromatic rings. The first-order chi connectivity index (χ1) is 10.1. The zero-order chi connectivity index (χ0) is 15.2. The van der Waals surface area contributed by atoms with Gasteiger partial charge in [-0.25, -0.2) is 0 Å². The average Bonchev–Trinajstić information content (AvgIpc) is 2.48. The number of hydrogen-bond acceptors (Lipinski definition) is 2. The molecule has 1 atom stereocenters. The summed E-state index contributed by atoms with van der Waals surface area (Å²) in [5.74, 6) is -0.251. The molecule has 112 valence electrons. The SMILES string of the molecule is Cc1cc(Br)ccc1NC(=O)CNC(=O)[C@H]1CC=CCC1. The number of carbonyl (C=O) groups is 2. The van der Waals surface area contributed by atoms with Crippen LogP contribution in [0.5, 0.6) is 0 Å². The van der Waals surface area contributed by atoms with Crippen LogP contribution >= 0.6 is 15.9 Å². The first-order valence-electron chi connectivity index (χ1n) is 7.05. The molecular weight excluding hydrogens is 332 g/mol. The number of rotatable bonds is 4. The highest BCUT2D eigenvalue weighted by Crippen LogP contribution is 2.20. The van der Waals surface area contributed by atoms with Crippen LogP contribution in [0, 0.1) is 12.8 Å².